The highest BCUT2D eigenvalue weighted by Crippen LogP contribution is 2.19. The van der Waals surface area contributed by atoms with Gasteiger partial charge >= 0.3 is 0 Å². The van der Waals surface area contributed by atoms with Gasteiger partial charge in [-0.05, 0) is 31.2 Å². The number of carbonyl (C=O) groups excluding carboxylic acids is 3. The van der Waals surface area contributed by atoms with Crippen LogP contribution in [0.4, 0.5) is 5.13 Å². The number of nitrogens with one attached hydrogen (secondary N) is 1. The average molecular weight is 473 g/mol. The van der Waals surface area contributed by atoms with E-state index in [1.165, 1.54) is 17.6 Å². The number of hydrogen-bond donors (Lipinski definition) is 1. The molecule has 3 heterocycles. The minimum Gasteiger partial charge on any atom is -0.469 e. The van der Waals surface area contributed by atoms with Gasteiger partial charge in [0.2, 0.25) is 5.91 Å². The van der Waals surface area contributed by atoms with Crippen molar-refractivity contribution in [3.8, 4) is 0 Å². The van der Waals surface area contributed by atoms with Gasteiger partial charge in [-0.1, -0.05) is 17.7 Å². The summed E-state index contributed by atoms with van der Waals surface area (Å²) in [6, 6.07) is 8.45. The maximum Gasteiger partial charge on any atom is 0.260 e. The third kappa shape index (κ3) is 5.00. The third-order valence-electron chi connectivity index (χ3n) is 5.20. The Bertz CT molecular complexity index is 1150. The Kier molecular flexibility index (Phi) is 6.57. The molecule has 0 spiro atoms. The summed E-state index contributed by atoms with van der Waals surface area (Å²) in [5, 5.41) is 5.43. The van der Waals surface area contributed by atoms with Crippen LogP contribution in [0, 0.1) is 6.92 Å². The fourth-order valence-corrected chi connectivity index (χ4v) is 4.36. The maximum atomic E-state index is 12.7. The number of halogens is 1. The van der Waals surface area contributed by atoms with Gasteiger partial charge in [0.25, 0.3) is 11.8 Å². The van der Waals surface area contributed by atoms with Gasteiger partial charge in [-0.3, -0.25) is 19.7 Å². The molecule has 3 aromatic rings. The lowest BCUT2D eigenvalue weighted by Crippen LogP contribution is -2.51. The lowest BCUT2D eigenvalue weighted by Gasteiger charge is -2.34. The Morgan fingerprint density at radius 2 is 1.91 bits per heavy atom. The molecule has 1 saturated heterocycles. The zero-order chi connectivity index (χ0) is 22.7. The standard InChI is InChI=1S/C22H21ClN4O4S/c1-14-18(5-10-31-14)20(29)25-22-24-17(13-32-22)12-19(28)26-6-8-27(9-7-26)21(30)15-3-2-4-16(23)11-15/h2-5,10-11,13H,6-9,12H2,1H3,(H,24,25,29). The molecule has 1 aliphatic rings. The van der Waals surface area contributed by atoms with Crippen molar-refractivity contribution < 1.29 is 18.8 Å². The zero-order valence-corrected chi connectivity index (χ0v) is 18.9. The van der Waals surface area contributed by atoms with Crippen LogP contribution in [0.5, 0.6) is 0 Å². The van der Waals surface area contributed by atoms with Gasteiger partial charge in [-0.25, -0.2) is 4.98 Å². The van der Waals surface area contributed by atoms with E-state index in [0.29, 0.717) is 58.9 Å². The van der Waals surface area contributed by atoms with Crippen LogP contribution in [0.2, 0.25) is 5.02 Å². The Morgan fingerprint density at radius 3 is 2.59 bits per heavy atom. The number of amides is 3. The molecule has 0 bridgehead atoms. The van der Waals surface area contributed by atoms with Gasteiger partial charge < -0.3 is 14.2 Å². The highest BCUT2D eigenvalue weighted by molar-refractivity contribution is 7.14. The topological polar surface area (TPSA) is 95.8 Å². The maximum absolute atomic E-state index is 12.7. The molecule has 0 radical (unpaired) electrons. The third-order valence-corrected chi connectivity index (χ3v) is 6.24. The molecular weight excluding hydrogens is 452 g/mol. The van der Waals surface area contributed by atoms with Gasteiger partial charge in [0.15, 0.2) is 5.13 Å². The molecule has 166 valence electrons. The van der Waals surface area contributed by atoms with Crippen LogP contribution in [0.1, 0.15) is 32.2 Å². The number of aromatic nitrogens is 1. The first-order valence-corrected chi connectivity index (χ1v) is 11.3. The number of hydrogen-bond acceptors (Lipinski definition) is 6. The number of anilines is 1. The zero-order valence-electron chi connectivity index (χ0n) is 17.3. The van der Waals surface area contributed by atoms with E-state index in [4.69, 9.17) is 16.0 Å². The molecule has 0 unspecified atom stereocenters. The Labute approximate surface area is 193 Å². The predicted molar refractivity (Wildman–Crippen MR) is 121 cm³/mol. The Morgan fingerprint density at radius 1 is 1.16 bits per heavy atom. The van der Waals surface area contributed by atoms with E-state index in [1.54, 1.807) is 52.4 Å². The van der Waals surface area contributed by atoms with Crippen LogP contribution in [-0.4, -0.2) is 58.7 Å². The van der Waals surface area contributed by atoms with Crippen molar-refractivity contribution in [2.24, 2.45) is 0 Å². The summed E-state index contributed by atoms with van der Waals surface area (Å²) in [6.45, 7) is 3.54. The van der Waals surface area contributed by atoms with E-state index in [1.807, 2.05) is 0 Å². The van der Waals surface area contributed by atoms with Crippen molar-refractivity contribution in [1.29, 1.82) is 0 Å². The summed E-state index contributed by atoms with van der Waals surface area (Å²) in [6.07, 6.45) is 1.60. The molecule has 1 fully saturated rings. The first kappa shape index (κ1) is 22.0. The summed E-state index contributed by atoms with van der Waals surface area (Å²) < 4.78 is 5.14. The summed E-state index contributed by atoms with van der Waals surface area (Å²) >= 11 is 7.24. The molecule has 1 N–H and O–H groups in total. The van der Waals surface area contributed by atoms with E-state index in [9.17, 15) is 14.4 Å². The summed E-state index contributed by atoms with van der Waals surface area (Å²) in [7, 11) is 0. The second kappa shape index (κ2) is 9.54. The van der Waals surface area contributed by atoms with Crippen molar-refractivity contribution in [1.82, 2.24) is 14.8 Å². The monoisotopic (exact) mass is 472 g/mol. The van der Waals surface area contributed by atoms with Crippen molar-refractivity contribution >= 4 is 45.8 Å². The van der Waals surface area contributed by atoms with Gasteiger partial charge in [0, 0.05) is 42.1 Å². The van der Waals surface area contributed by atoms with Crippen molar-refractivity contribution in [3.05, 3.63) is 69.6 Å². The van der Waals surface area contributed by atoms with Gasteiger partial charge in [0.05, 0.1) is 23.9 Å². The molecule has 4 rings (SSSR count). The number of piperazine rings is 1. The smallest absolute Gasteiger partial charge is 0.260 e. The number of rotatable bonds is 5. The molecule has 1 aliphatic heterocycles. The number of furan rings is 1. The largest absolute Gasteiger partial charge is 0.469 e. The summed E-state index contributed by atoms with van der Waals surface area (Å²) in [4.78, 5) is 45.4. The molecular formula is C22H21ClN4O4S. The fourth-order valence-electron chi connectivity index (χ4n) is 3.46. The minimum absolute atomic E-state index is 0.0614. The molecule has 10 heteroatoms. The van der Waals surface area contributed by atoms with Gasteiger partial charge in [-0.15, -0.1) is 11.3 Å². The number of carbonyl (C=O) groups is 3. The fraction of sp³-hybridized carbons (Fsp3) is 0.273. The van der Waals surface area contributed by atoms with E-state index in [0.717, 1.165) is 0 Å². The van der Waals surface area contributed by atoms with Crippen molar-refractivity contribution in [2.75, 3.05) is 31.5 Å². The van der Waals surface area contributed by atoms with Gasteiger partial charge in [0.1, 0.15) is 5.76 Å². The molecule has 2 aromatic heterocycles. The van der Waals surface area contributed by atoms with Crippen LogP contribution in [0.25, 0.3) is 0 Å². The Hall–Kier alpha value is -3.17. The lowest BCUT2D eigenvalue weighted by atomic mass is 10.1. The SMILES string of the molecule is Cc1occc1C(=O)Nc1nc(CC(=O)N2CCN(C(=O)c3cccc(Cl)c3)CC2)cs1. The first-order valence-electron chi connectivity index (χ1n) is 10.0. The van der Waals surface area contributed by atoms with Crippen molar-refractivity contribution in [2.45, 2.75) is 13.3 Å². The summed E-state index contributed by atoms with van der Waals surface area (Å²) in [5.74, 6) is 0.0764. The average Bonchev–Trinajstić information content (AvgIpc) is 3.41. The molecule has 0 saturated carbocycles. The van der Waals surface area contributed by atoms with Crippen LogP contribution in [0.3, 0.4) is 0 Å². The molecule has 0 atom stereocenters. The van der Waals surface area contributed by atoms with Crippen LogP contribution in [0.15, 0.2) is 46.4 Å². The highest BCUT2D eigenvalue weighted by atomic mass is 35.5. The highest BCUT2D eigenvalue weighted by Gasteiger charge is 2.25. The minimum atomic E-state index is -0.302. The lowest BCUT2D eigenvalue weighted by molar-refractivity contribution is -0.132. The van der Waals surface area contributed by atoms with E-state index in [-0.39, 0.29) is 24.1 Å². The van der Waals surface area contributed by atoms with Crippen LogP contribution < -0.4 is 5.32 Å². The second-order valence-electron chi connectivity index (χ2n) is 7.35. The quantitative estimate of drug-likeness (QED) is 0.613. The number of thiazole rings is 1. The van der Waals surface area contributed by atoms with E-state index in [2.05, 4.69) is 10.3 Å². The van der Waals surface area contributed by atoms with Crippen LogP contribution in [-0.2, 0) is 11.2 Å². The van der Waals surface area contributed by atoms with E-state index >= 15 is 0 Å². The van der Waals surface area contributed by atoms with Gasteiger partial charge in [-0.2, -0.15) is 0 Å². The number of benzene rings is 1. The predicted octanol–water partition coefficient (Wildman–Crippen LogP) is 3.48. The molecule has 1 aromatic carbocycles. The molecule has 0 aliphatic carbocycles. The molecule has 32 heavy (non-hydrogen) atoms. The normalized spacial score (nSPS) is 13.8. The van der Waals surface area contributed by atoms with Crippen LogP contribution >= 0.6 is 22.9 Å². The summed E-state index contributed by atoms with van der Waals surface area (Å²) in [5.41, 5.74) is 1.58. The van der Waals surface area contributed by atoms with Crippen molar-refractivity contribution in [3.63, 3.8) is 0 Å². The first-order chi connectivity index (χ1) is 15.4. The van der Waals surface area contributed by atoms with E-state index < -0.39 is 0 Å². The molecule has 3 amide bonds. The number of aryl methyl sites for hydroxylation is 1. The number of nitrogens with zero attached hydrogens (tertiary/aromatic N) is 3. The molecule has 8 nitrogen and oxygen atoms in total. The Balaban J connectivity index is 1.28. The second-order valence-corrected chi connectivity index (χ2v) is 8.64.